The summed E-state index contributed by atoms with van der Waals surface area (Å²) in [6.07, 6.45) is 9.67. The van der Waals surface area contributed by atoms with Gasteiger partial charge in [0.1, 0.15) is 0 Å². The summed E-state index contributed by atoms with van der Waals surface area (Å²) < 4.78 is 27.4. The second-order valence-electron chi connectivity index (χ2n) is 8.42. The van der Waals surface area contributed by atoms with Crippen molar-refractivity contribution in [3.63, 3.8) is 0 Å². The number of fused-ring (bicyclic) bond motifs is 1. The van der Waals surface area contributed by atoms with E-state index in [-0.39, 0.29) is 5.78 Å². The molecule has 0 saturated carbocycles. The van der Waals surface area contributed by atoms with Gasteiger partial charge in [-0.2, -0.15) is 0 Å². The molecule has 0 amide bonds. The SMILES string of the molecule is COc1cc(/C=C\c2cc(OC)c(OC)c(OC)c2)c(C/C=C\C(=O)c2c[nH]c3ccccc23)cc1OC. The highest BCUT2D eigenvalue weighted by molar-refractivity contribution is 6.13. The maximum atomic E-state index is 12.9. The highest BCUT2D eigenvalue weighted by Crippen LogP contribution is 2.39. The van der Waals surface area contributed by atoms with Crippen LogP contribution in [0.4, 0.5) is 0 Å². The predicted molar refractivity (Wildman–Crippen MR) is 150 cm³/mol. The second kappa shape index (κ2) is 12.1. The number of aromatic amines is 1. The van der Waals surface area contributed by atoms with Crippen LogP contribution >= 0.6 is 0 Å². The van der Waals surface area contributed by atoms with Gasteiger partial charge >= 0.3 is 0 Å². The molecule has 196 valence electrons. The van der Waals surface area contributed by atoms with Crippen LogP contribution in [-0.2, 0) is 6.42 Å². The lowest BCUT2D eigenvalue weighted by Gasteiger charge is -2.14. The number of carbonyl (C=O) groups excluding carboxylic acids is 1. The van der Waals surface area contributed by atoms with Gasteiger partial charge in [-0.1, -0.05) is 36.4 Å². The number of hydrogen-bond acceptors (Lipinski definition) is 6. The summed E-state index contributed by atoms with van der Waals surface area (Å²) in [7, 11) is 7.94. The van der Waals surface area contributed by atoms with E-state index in [0.29, 0.717) is 40.7 Å². The van der Waals surface area contributed by atoms with Gasteiger partial charge in [-0.05, 0) is 59.5 Å². The number of H-pyrrole nitrogens is 1. The van der Waals surface area contributed by atoms with Crippen LogP contribution in [0.1, 0.15) is 27.0 Å². The van der Waals surface area contributed by atoms with Gasteiger partial charge in [0, 0.05) is 22.7 Å². The van der Waals surface area contributed by atoms with Gasteiger partial charge in [0.2, 0.25) is 5.75 Å². The third kappa shape index (κ3) is 5.52. The quantitative estimate of drug-likeness (QED) is 0.143. The summed E-state index contributed by atoms with van der Waals surface area (Å²) in [4.78, 5) is 16.1. The molecule has 0 aliphatic rings. The average Bonchev–Trinajstić information content (AvgIpc) is 3.39. The predicted octanol–water partition coefficient (Wildman–Crippen LogP) is 6.36. The van der Waals surface area contributed by atoms with E-state index in [2.05, 4.69) is 4.98 Å². The molecule has 7 nitrogen and oxygen atoms in total. The molecule has 7 heteroatoms. The molecule has 0 spiro atoms. The smallest absolute Gasteiger partial charge is 0.203 e. The fraction of sp³-hybridized carbons (Fsp3) is 0.194. The Kier molecular flexibility index (Phi) is 8.38. The van der Waals surface area contributed by atoms with E-state index in [0.717, 1.165) is 27.6 Å². The molecular weight excluding hydrogens is 482 g/mol. The number of ether oxygens (including phenoxy) is 5. The van der Waals surface area contributed by atoms with Crippen LogP contribution in [0, 0.1) is 0 Å². The van der Waals surface area contributed by atoms with E-state index in [1.54, 1.807) is 47.8 Å². The zero-order chi connectivity index (χ0) is 27.1. The van der Waals surface area contributed by atoms with Gasteiger partial charge in [-0.25, -0.2) is 0 Å². The standard InChI is InChI=1S/C31H31NO6/c1-34-27-17-21(9-8-12-26(33)24-19-32-25-11-7-6-10-23(24)25)22(18-28(27)35-2)14-13-20-15-29(36-3)31(38-5)30(16-20)37-4/h6-8,10-19,32H,9H2,1-5H3/b12-8-,14-13-. The summed E-state index contributed by atoms with van der Waals surface area (Å²) >= 11 is 0. The van der Waals surface area contributed by atoms with Crippen LogP contribution < -0.4 is 23.7 Å². The van der Waals surface area contributed by atoms with Crippen molar-refractivity contribution in [2.45, 2.75) is 6.42 Å². The highest BCUT2D eigenvalue weighted by atomic mass is 16.5. The molecule has 0 radical (unpaired) electrons. The zero-order valence-electron chi connectivity index (χ0n) is 22.2. The number of nitrogens with one attached hydrogen (secondary N) is 1. The van der Waals surface area contributed by atoms with Crippen LogP contribution in [-0.4, -0.2) is 46.3 Å². The lowest BCUT2D eigenvalue weighted by atomic mass is 10.0. The first-order chi connectivity index (χ1) is 18.5. The number of para-hydroxylation sites is 1. The first kappa shape index (κ1) is 26.4. The van der Waals surface area contributed by atoms with Crippen LogP contribution in [0.2, 0.25) is 0 Å². The van der Waals surface area contributed by atoms with E-state index < -0.39 is 0 Å². The lowest BCUT2D eigenvalue weighted by molar-refractivity contribution is 0.104. The van der Waals surface area contributed by atoms with Gasteiger partial charge < -0.3 is 28.7 Å². The minimum atomic E-state index is -0.0579. The number of benzene rings is 3. The Morgan fingerprint density at radius 2 is 1.45 bits per heavy atom. The highest BCUT2D eigenvalue weighted by Gasteiger charge is 2.14. The first-order valence-electron chi connectivity index (χ1n) is 12.0. The minimum Gasteiger partial charge on any atom is -0.493 e. The normalized spacial score (nSPS) is 11.3. The molecule has 0 bridgehead atoms. The fourth-order valence-electron chi connectivity index (χ4n) is 4.31. The molecule has 38 heavy (non-hydrogen) atoms. The van der Waals surface area contributed by atoms with Gasteiger partial charge in [-0.3, -0.25) is 4.79 Å². The van der Waals surface area contributed by atoms with Crippen molar-refractivity contribution in [2.75, 3.05) is 35.5 Å². The molecule has 3 aromatic carbocycles. The Bertz CT molecular complexity index is 1470. The molecular formula is C31H31NO6. The van der Waals surface area contributed by atoms with Gasteiger partial charge in [0.25, 0.3) is 0 Å². The molecule has 0 unspecified atom stereocenters. The van der Waals surface area contributed by atoms with Crippen LogP contribution in [0.15, 0.2) is 66.9 Å². The van der Waals surface area contributed by atoms with Crippen LogP contribution in [0.25, 0.3) is 23.1 Å². The Hall–Kier alpha value is -4.65. The third-order valence-corrected chi connectivity index (χ3v) is 6.25. The summed E-state index contributed by atoms with van der Waals surface area (Å²) in [5.74, 6) is 2.83. The van der Waals surface area contributed by atoms with Gasteiger partial charge in [-0.15, -0.1) is 0 Å². The molecule has 0 aliphatic carbocycles. The molecule has 0 saturated heterocycles. The first-order valence-corrected chi connectivity index (χ1v) is 12.0. The van der Waals surface area contributed by atoms with Crippen molar-refractivity contribution >= 4 is 28.8 Å². The van der Waals surface area contributed by atoms with Gasteiger partial charge in [0.05, 0.1) is 35.5 Å². The fourth-order valence-corrected chi connectivity index (χ4v) is 4.31. The second-order valence-corrected chi connectivity index (χ2v) is 8.42. The number of hydrogen-bond donors (Lipinski definition) is 1. The molecule has 1 heterocycles. The van der Waals surface area contributed by atoms with Crippen LogP contribution in [0.5, 0.6) is 28.7 Å². The van der Waals surface area contributed by atoms with E-state index in [1.807, 2.05) is 66.8 Å². The maximum absolute atomic E-state index is 12.9. The number of aromatic nitrogens is 1. The average molecular weight is 514 g/mol. The van der Waals surface area contributed by atoms with Crippen molar-refractivity contribution in [3.05, 3.63) is 89.1 Å². The number of carbonyl (C=O) groups is 1. The zero-order valence-corrected chi connectivity index (χ0v) is 22.2. The Morgan fingerprint density at radius 1 is 0.789 bits per heavy atom. The van der Waals surface area contributed by atoms with E-state index in [1.165, 1.54) is 0 Å². The number of rotatable bonds is 11. The van der Waals surface area contributed by atoms with Crippen molar-refractivity contribution in [3.8, 4) is 28.7 Å². The number of methoxy groups -OCH3 is 5. The topological polar surface area (TPSA) is 79.0 Å². The Labute approximate surface area is 222 Å². The largest absolute Gasteiger partial charge is 0.493 e. The van der Waals surface area contributed by atoms with E-state index in [9.17, 15) is 4.79 Å². The van der Waals surface area contributed by atoms with Crippen molar-refractivity contribution in [1.82, 2.24) is 4.98 Å². The monoisotopic (exact) mass is 513 g/mol. The number of allylic oxidation sites excluding steroid dienone is 2. The number of ketones is 1. The Balaban J connectivity index is 1.64. The van der Waals surface area contributed by atoms with Crippen molar-refractivity contribution in [2.24, 2.45) is 0 Å². The third-order valence-electron chi connectivity index (χ3n) is 6.25. The minimum absolute atomic E-state index is 0.0579. The molecule has 4 aromatic rings. The summed E-state index contributed by atoms with van der Waals surface area (Å²) in [5, 5.41) is 0.905. The maximum Gasteiger partial charge on any atom is 0.203 e. The van der Waals surface area contributed by atoms with Gasteiger partial charge in [0.15, 0.2) is 28.8 Å². The van der Waals surface area contributed by atoms with Crippen molar-refractivity contribution in [1.29, 1.82) is 0 Å². The van der Waals surface area contributed by atoms with Crippen LogP contribution in [0.3, 0.4) is 0 Å². The molecule has 0 fully saturated rings. The molecule has 4 rings (SSSR count). The molecule has 1 N–H and O–H groups in total. The lowest BCUT2D eigenvalue weighted by Crippen LogP contribution is -1.97. The summed E-state index contributed by atoms with van der Waals surface area (Å²) in [6, 6.07) is 15.3. The van der Waals surface area contributed by atoms with Crippen molar-refractivity contribution < 1.29 is 28.5 Å². The van der Waals surface area contributed by atoms with E-state index in [4.69, 9.17) is 23.7 Å². The van der Waals surface area contributed by atoms with E-state index >= 15 is 0 Å². The molecule has 0 aliphatic heterocycles. The molecule has 0 atom stereocenters. The Morgan fingerprint density at radius 3 is 2.11 bits per heavy atom. The molecule has 1 aromatic heterocycles. The summed E-state index contributed by atoms with van der Waals surface area (Å²) in [6.45, 7) is 0. The summed E-state index contributed by atoms with van der Waals surface area (Å²) in [5.41, 5.74) is 4.33.